The molecule has 40 heavy (non-hydrogen) atoms. The molecule has 2 aromatic carbocycles. The van der Waals surface area contributed by atoms with Crippen molar-refractivity contribution < 1.29 is 9.53 Å². The maximum atomic E-state index is 12.6. The van der Waals surface area contributed by atoms with Gasteiger partial charge in [-0.2, -0.15) is 5.26 Å². The summed E-state index contributed by atoms with van der Waals surface area (Å²) in [6.45, 7) is 2.93. The third-order valence-corrected chi connectivity index (χ3v) is 6.87. The number of anilines is 2. The summed E-state index contributed by atoms with van der Waals surface area (Å²) in [5.74, 6) is 1.09. The lowest BCUT2D eigenvalue weighted by molar-refractivity contribution is -0.114. The van der Waals surface area contributed by atoms with E-state index in [2.05, 4.69) is 36.9 Å². The van der Waals surface area contributed by atoms with E-state index in [9.17, 15) is 10.1 Å². The first kappa shape index (κ1) is 25.2. The molecule has 6 rings (SSSR count). The lowest BCUT2D eigenvalue weighted by Crippen LogP contribution is -2.18. The van der Waals surface area contributed by atoms with Crippen LogP contribution in [0, 0.1) is 18.3 Å². The zero-order valence-electron chi connectivity index (χ0n) is 21.8. The Morgan fingerprint density at radius 2 is 2.15 bits per heavy atom. The van der Waals surface area contributed by atoms with Crippen LogP contribution in [0.25, 0.3) is 16.6 Å². The summed E-state index contributed by atoms with van der Waals surface area (Å²) < 4.78 is 7.69. The Balaban J connectivity index is 1.24. The number of nitrogens with one attached hydrogen (secondary N) is 2. The van der Waals surface area contributed by atoms with Crippen molar-refractivity contribution in [2.45, 2.75) is 32.2 Å². The van der Waals surface area contributed by atoms with Gasteiger partial charge in [0.15, 0.2) is 11.4 Å². The van der Waals surface area contributed by atoms with Crippen LogP contribution < -0.4 is 15.4 Å². The summed E-state index contributed by atoms with van der Waals surface area (Å²) in [4.78, 5) is 21.4. The number of fused-ring (bicyclic) bond motifs is 2. The Morgan fingerprint density at radius 1 is 1.23 bits per heavy atom. The summed E-state index contributed by atoms with van der Waals surface area (Å²) in [6.07, 6.45) is 10.8. The molecule has 1 fully saturated rings. The van der Waals surface area contributed by atoms with Crippen LogP contribution in [-0.2, 0) is 11.2 Å². The number of ketones is 1. The smallest absolute Gasteiger partial charge is 0.224 e. The summed E-state index contributed by atoms with van der Waals surface area (Å²) in [5.41, 5.74) is 4.93. The van der Waals surface area contributed by atoms with Crippen molar-refractivity contribution >= 4 is 33.7 Å². The molecule has 0 radical (unpaired) electrons. The second-order valence-corrected chi connectivity index (χ2v) is 9.75. The van der Waals surface area contributed by atoms with E-state index in [1.165, 1.54) is 0 Å². The second kappa shape index (κ2) is 10.9. The number of nitrogens with zero attached hydrogens (tertiary/aromatic N) is 6. The molecule has 1 aliphatic rings. The number of aromatic nitrogens is 5. The highest BCUT2D eigenvalue weighted by atomic mass is 16.5. The number of nitriles is 1. The van der Waals surface area contributed by atoms with Gasteiger partial charge in [-0.25, -0.2) is 4.98 Å². The predicted octanol–water partition coefficient (Wildman–Crippen LogP) is 4.81. The van der Waals surface area contributed by atoms with Crippen molar-refractivity contribution in [2.24, 2.45) is 0 Å². The standard InChI is InChI=1S/C30H26N8O2/c1-19-11-23(6-9-27(19)40-29-14-28-37-35-18-38(28)17-34-29)36-30-21(15-31)16-33-26-8-4-20(13-25(26)30)12-24(39)7-5-22-3-2-10-32-22/h4-9,11,13-14,16-18,22,32H,2-3,10,12H2,1H3,(H,33,36)/b7-5+/t22-/m1/s1. The highest BCUT2D eigenvalue weighted by Gasteiger charge is 2.14. The van der Waals surface area contributed by atoms with Crippen LogP contribution in [-0.4, -0.2) is 42.9 Å². The lowest BCUT2D eigenvalue weighted by Gasteiger charge is -2.14. The van der Waals surface area contributed by atoms with Gasteiger partial charge in [0.2, 0.25) is 5.88 Å². The molecule has 10 nitrogen and oxygen atoms in total. The van der Waals surface area contributed by atoms with Gasteiger partial charge in [0.1, 0.15) is 24.5 Å². The number of pyridine rings is 1. The van der Waals surface area contributed by atoms with Crippen LogP contribution in [0.3, 0.4) is 0 Å². The molecule has 0 bridgehead atoms. The highest BCUT2D eigenvalue weighted by molar-refractivity contribution is 5.97. The Hall–Kier alpha value is -5.14. The first-order valence-electron chi connectivity index (χ1n) is 13.0. The number of hydrogen-bond acceptors (Lipinski definition) is 9. The maximum Gasteiger partial charge on any atom is 0.224 e. The van der Waals surface area contributed by atoms with Crippen molar-refractivity contribution in [1.82, 2.24) is 29.9 Å². The van der Waals surface area contributed by atoms with Crippen molar-refractivity contribution in [1.29, 1.82) is 5.26 Å². The number of rotatable bonds is 8. The number of ether oxygens (including phenoxy) is 1. The van der Waals surface area contributed by atoms with E-state index in [-0.39, 0.29) is 18.2 Å². The van der Waals surface area contributed by atoms with Gasteiger partial charge < -0.3 is 15.4 Å². The molecule has 1 saturated heterocycles. The van der Waals surface area contributed by atoms with Crippen LogP contribution in [0.15, 0.2) is 73.5 Å². The van der Waals surface area contributed by atoms with E-state index in [4.69, 9.17) is 4.74 Å². The molecule has 0 saturated carbocycles. The largest absolute Gasteiger partial charge is 0.439 e. The average Bonchev–Trinajstić information content (AvgIpc) is 3.66. The van der Waals surface area contributed by atoms with Gasteiger partial charge in [-0.3, -0.25) is 14.2 Å². The molecule has 0 unspecified atom stereocenters. The topological polar surface area (TPSA) is 130 Å². The molecule has 198 valence electrons. The number of allylic oxidation sites excluding steroid dienone is 1. The minimum Gasteiger partial charge on any atom is -0.439 e. The number of benzene rings is 2. The van der Waals surface area contributed by atoms with Crippen LogP contribution in [0.4, 0.5) is 11.4 Å². The number of aryl methyl sites for hydroxylation is 1. The average molecular weight is 531 g/mol. The van der Waals surface area contributed by atoms with E-state index >= 15 is 0 Å². The summed E-state index contributed by atoms with van der Waals surface area (Å²) in [7, 11) is 0. The summed E-state index contributed by atoms with van der Waals surface area (Å²) in [6, 6.07) is 15.6. The quantitative estimate of drug-likeness (QED) is 0.271. The molecule has 0 spiro atoms. The molecule has 0 aliphatic carbocycles. The van der Waals surface area contributed by atoms with Crippen molar-refractivity contribution in [3.8, 4) is 17.7 Å². The van der Waals surface area contributed by atoms with Gasteiger partial charge in [0.25, 0.3) is 0 Å². The fraction of sp³-hybridized carbons (Fsp3) is 0.200. The van der Waals surface area contributed by atoms with E-state index in [0.717, 1.165) is 47.1 Å². The molecule has 1 atom stereocenters. The number of carbonyl (C=O) groups is 1. The van der Waals surface area contributed by atoms with Crippen LogP contribution in [0.2, 0.25) is 0 Å². The molecular weight excluding hydrogens is 504 g/mol. The van der Waals surface area contributed by atoms with Gasteiger partial charge in [-0.1, -0.05) is 12.1 Å². The Kier molecular flexibility index (Phi) is 6.87. The first-order chi connectivity index (χ1) is 19.6. The van der Waals surface area contributed by atoms with Gasteiger partial charge in [-0.05, 0) is 73.8 Å². The van der Waals surface area contributed by atoms with Crippen LogP contribution >= 0.6 is 0 Å². The van der Waals surface area contributed by atoms with Gasteiger partial charge >= 0.3 is 0 Å². The lowest BCUT2D eigenvalue weighted by atomic mass is 10.0. The fourth-order valence-electron chi connectivity index (χ4n) is 4.79. The predicted molar refractivity (Wildman–Crippen MR) is 151 cm³/mol. The third kappa shape index (κ3) is 5.36. The second-order valence-electron chi connectivity index (χ2n) is 9.75. The third-order valence-electron chi connectivity index (χ3n) is 6.87. The van der Waals surface area contributed by atoms with Gasteiger partial charge in [0, 0.05) is 35.8 Å². The Labute approximate surface area is 230 Å². The molecule has 4 heterocycles. The monoisotopic (exact) mass is 530 g/mol. The van der Waals surface area contributed by atoms with E-state index < -0.39 is 0 Å². The van der Waals surface area contributed by atoms with E-state index in [1.807, 2.05) is 49.4 Å². The Morgan fingerprint density at radius 3 is 2.98 bits per heavy atom. The van der Waals surface area contributed by atoms with Gasteiger partial charge in [-0.15, -0.1) is 10.2 Å². The molecule has 10 heteroatoms. The van der Waals surface area contributed by atoms with E-state index in [0.29, 0.717) is 28.5 Å². The molecule has 0 amide bonds. The van der Waals surface area contributed by atoms with Crippen LogP contribution in [0.5, 0.6) is 11.6 Å². The Bertz CT molecular complexity index is 1800. The number of carbonyl (C=O) groups excluding carboxylic acids is 1. The molecule has 3 aromatic heterocycles. The zero-order valence-corrected chi connectivity index (χ0v) is 21.8. The molecule has 5 aromatic rings. The normalized spacial score (nSPS) is 15.1. The number of hydrogen-bond donors (Lipinski definition) is 2. The highest BCUT2D eigenvalue weighted by Crippen LogP contribution is 2.32. The van der Waals surface area contributed by atoms with E-state index in [1.54, 1.807) is 35.4 Å². The first-order valence-corrected chi connectivity index (χ1v) is 13.0. The van der Waals surface area contributed by atoms with Gasteiger partial charge in [0.05, 0.1) is 16.8 Å². The summed E-state index contributed by atoms with van der Waals surface area (Å²) >= 11 is 0. The summed E-state index contributed by atoms with van der Waals surface area (Å²) in [5, 5.41) is 25.2. The molecular formula is C30H26N8O2. The van der Waals surface area contributed by atoms with Crippen molar-refractivity contribution in [3.05, 3.63) is 90.2 Å². The molecule has 2 N–H and O–H groups in total. The minimum absolute atomic E-state index is 0.0378. The fourth-order valence-corrected chi connectivity index (χ4v) is 4.79. The molecule has 1 aliphatic heterocycles. The maximum absolute atomic E-state index is 12.6. The van der Waals surface area contributed by atoms with Crippen molar-refractivity contribution in [3.63, 3.8) is 0 Å². The van der Waals surface area contributed by atoms with Crippen molar-refractivity contribution in [2.75, 3.05) is 11.9 Å². The van der Waals surface area contributed by atoms with Crippen LogP contribution in [0.1, 0.15) is 29.5 Å². The zero-order chi connectivity index (χ0) is 27.5. The minimum atomic E-state index is 0.0378. The SMILES string of the molecule is Cc1cc(Nc2c(C#N)cnc3ccc(CC(=O)/C=C/[C@H]4CCCN4)cc23)ccc1Oc1cc2nncn2cn1.